The van der Waals surface area contributed by atoms with Crippen molar-refractivity contribution in [3.63, 3.8) is 0 Å². The number of carbonyl (C=O) groups is 6. The fourth-order valence-electron chi connectivity index (χ4n) is 6.74. The molecule has 5 rings (SSSR count). The Hall–Kier alpha value is -4.00. The van der Waals surface area contributed by atoms with Gasteiger partial charge in [-0.1, -0.05) is 47.6 Å². The van der Waals surface area contributed by atoms with Crippen LogP contribution in [0.3, 0.4) is 0 Å². The van der Waals surface area contributed by atoms with Crippen LogP contribution in [0.4, 0.5) is 0 Å². The van der Waals surface area contributed by atoms with Gasteiger partial charge in [0.1, 0.15) is 6.04 Å². The van der Waals surface area contributed by atoms with Crippen molar-refractivity contribution >= 4 is 35.3 Å². The van der Waals surface area contributed by atoms with Crippen LogP contribution in [0.2, 0.25) is 0 Å². The van der Waals surface area contributed by atoms with Crippen LogP contribution in [0.25, 0.3) is 0 Å². The summed E-state index contributed by atoms with van der Waals surface area (Å²) in [5, 5.41) is 8.89. The van der Waals surface area contributed by atoms with Gasteiger partial charge >= 0.3 is 5.97 Å². The first-order valence-electron chi connectivity index (χ1n) is 18.4. The van der Waals surface area contributed by atoms with Gasteiger partial charge in [-0.2, -0.15) is 0 Å². The predicted octanol–water partition coefficient (Wildman–Crippen LogP) is 3.90. The van der Waals surface area contributed by atoms with Crippen molar-refractivity contribution in [3.8, 4) is 11.5 Å². The van der Waals surface area contributed by atoms with Crippen molar-refractivity contribution in [2.45, 2.75) is 112 Å². The first kappa shape index (κ1) is 39.8. The molecule has 0 aliphatic carbocycles. The average molecular weight is 713 g/mol. The van der Waals surface area contributed by atoms with E-state index >= 15 is 0 Å². The summed E-state index contributed by atoms with van der Waals surface area (Å²) in [5.74, 6) is -1.22. The number of hydrogen-bond donors (Lipinski definition) is 1. The van der Waals surface area contributed by atoms with Gasteiger partial charge < -0.3 is 29.3 Å². The molecule has 1 unspecified atom stereocenters. The first-order chi connectivity index (χ1) is 24.1. The Labute approximate surface area is 301 Å². The van der Waals surface area contributed by atoms with E-state index in [9.17, 15) is 28.8 Å². The number of carboxylic acid groups (broad SMARTS) is 1. The maximum absolute atomic E-state index is 13.2. The van der Waals surface area contributed by atoms with Crippen molar-refractivity contribution in [1.29, 1.82) is 0 Å². The molecule has 0 spiro atoms. The maximum Gasteiger partial charge on any atom is 0.305 e. The average Bonchev–Trinajstić information content (AvgIpc) is 3.81. The quantitative estimate of drug-likeness (QED) is 0.334. The number of amides is 3. The molecule has 51 heavy (non-hydrogen) atoms. The second-order valence-electron chi connectivity index (χ2n) is 15.3. The number of rotatable bonds is 11. The van der Waals surface area contributed by atoms with Gasteiger partial charge in [0, 0.05) is 62.7 Å². The van der Waals surface area contributed by atoms with Crippen molar-refractivity contribution in [1.82, 2.24) is 19.6 Å². The van der Waals surface area contributed by atoms with E-state index in [-0.39, 0.29) is 25.2 Å². The Bertz CT molecular complexity index is 1470. The van der Waals surface area contributed by atoms with Gasteiger partial charge in [-0.25, -0.2) is 0 Å². The molecule has 3 saturated heterocycles. The molecule has 4 aliphatic heterocycles. The van der Waals surface area contributed by atoms with Crippen LogP contribution in [0.15, 0.2) is 18.2 Å². The molecule has 3 amide bonds. The molecule has 1 aromatic rings. The molecule has 13 nitrogen and oxygen atoms in total. The highest BCUT2D eigenvalue weighted by Crippen LogP contribution is 2.33. The summed E-state index contributed by atoms with van der Waals surface area (Å²) in [6.07, 6.45) is 4.90. The number of Topliss-reactive ketones (excluding diaryl/α,β-unsaturated/α-hetero) is 2. The number of fused-ring (bicyclic) bond motifs is 1. The molecule has 13 heteroatoms. The highest BCUT2D eigenvalue weighted by molar-refractivity contribution is 6.38. The highest BCUT2D eigenvalue weighted by atomic mass is 16.7. The van der Waals surface area contributed by atoms with E-state index in [4.69, 9.17) is 14.6 Å². The number of nitrogens with zero attached hydrogens (tertiary/aromatic N) is 4. The molecule has 3 fully saturated rings. The lowest BCUT2D eigenvalue weighted by molar-refractivity contribution is -0.153. The van der Waals surface area contributed by atoms with Crippen molar-refractivity contribution in [3.05, 3.63) is 23.8 Å². The molecule has 0 radical (unpaired) electrons. The van der Waals surface area contributed by atoms with E-state index in [2.05, 4.69) is 4.90 Å². The van der Waals surface area contributed by atoms with E-state index in [0.29, 0.717) is 51.9 Å². The number of benzene rings is 1. The van der Waals surface area contributed by atoms with Crippen LogP contribution in [-0.4, -0.2) is 118 Å². The molecule has 1 N–H and O–H groups in total. The fourth-order valence-corrected chi connectivity index (χ4v) is 6.74. The van der Waals surface area contributed by atoms with Gasteiger partial charge in [0.05, 0.1) is 6.42 Å². The normalized spacial score (nSPS) is 20.8. The topological polar surface area (TPSA) is 154 Å². The third-order valence-electron chi connectivity index (χ3n) is 11.0. The summed E-state index contributed by atoms with van der Waals surface area (Å²) >= 11 is 0. The number of ketones is 2. The standard InChI is InChI=1S/C24H33N3O5.C14H23NO4/c1-4-24(2,3)21(28)23(30)27-9-5-6-18(27)22(29)26-12-10-25(11-13-26)15-17-7-8-19-20(14-17)32-16-31-19;1-4-14(2,3)12(18)13(19)15-8-6-5-7-10(15)9-11(16)17/h7-8,14,18H,4-6,9-13,15-16H2,1-3H3;10H,4-9H2,1-3H3,(H,16,17)/t18-;/m0./s1. The minimum Gasteiger partial charge on any atom is -0.481 e. The number of piperidine rings is 1. The van der Waals surface area contributed by atoms with Gasteiger partial charge in [-0.05, 0) is 62.6 Å². The number of carbonyl (C=O) groups excluding carboxylic acids is 5. The van der Waals surface area contributed by atoms with E-state index in [1.54, 1.807) is 27.7 Å². The smallest absolute Gasteiger partial charge is 0.305 e. The largest absolute Gasteiger partial charge is 0.481 e. The molecular formula is C38H56N4O9. The lowest BCUT2D eigenvalue weighted by Gasteiger charge is -2.37. The maximum atomic E-state index is 13.2. The third kappa shape index (κ3) is 9.66. The van der Waals surface area contributed by atoms with Gasteiger partial charge in [-0.3, -0.25) is 33.7 Å². The third-order valence-corrected chi connectivity index (χ3v) is 11.0. The van der Waals surface area contributed by atoms with E-state index in [1.807, 2.05) is 36.9 Å². The molecular weight excluding hydrogens is 656 g/mol. The Morgan fingerprint density at radius 1 is 0.745 bits per heavy atom. The van der Waals surface area contributed by atoms with Crippen LogP contribution in [0.5, 0.6) is 11.5 Å². The number of likely N-dealkylation sites (tertiary alicyclic amines) is 2. The monoisotopic (exact) mass is 712 g/mol. The zero-order valence-corrected chi connectivity index (χ0v) is 31.2. The van der Waals surface area contributed by atoms with Crippen LogP contribution >= 0.6 is 0 Å². The van der Waals surface area contributed by atoms with Crippen LogP contribution < -0.4 is 9.47 Å². The molecule has 0 bridgehead atoms. The number of hydrogen-bond acceptors (Lipinski definition) is 9. The van der Waals surface area contributed by atoms with Crippen LogP contribution in [-0.2, 0) is 35.3 Å². The molecule has 1 aromatic carbocycles. The fraction of sp³-hybridized carbons (Fsp3) is 0.684. The summed E-state index contributed by atoms with van der Waals surface area (Å²) in [5.41, 5.74) is -0.228. The van der Waals surface area contributed by atoms with Gasteiger partial charge in [0.25, 0.3) is 11.8 Å². The minimum atomic E-state index is -0.924. The second kappa shape index (κ2) is 17.0. The van der Waals surface area contributed by atoms with E-state index in [1.165, 1.54) is 9.80 Å². The van der Waals surface area contributed by atoms with Gasteiger partial charge in [0.15, 0.2) is 11.5 Å². The molecule has 4 aliphatic rings. The Morgan fingerprint density at radius 2 is 1.33 bits per heavy atom. The lowest BCUT2D eigenvalue weighted by Crippen LogP contribution is -2.55. The molecule has 0 aromatic heterocycles. The first-order valence-corrected chi connectivity index (χ1v) is 18.4. The summed E-state index contributed by atoms with van der Waals surface area (Å²) in [6.45, 7) is 15.7. The SMILES string of the molecule is CCC(C)(C)C(=O)C(=O)N1CCCCC1CC(=O)O.CCC(C)(C)C(=O)C(=O)N1CCC[C@H]1C(=O)N1CCN(Cc2ccc3c(c2)OCO3)CC1. The molecule has 0 saturated carbocycles. The van der Waals surface area contributed by atoms with Crippen LogP contribution in [0.1, 0.15) is 98.5 Å². The van der Waals surface area contributed by atoms with Crippen molar-refractivity contribution < 1.29 is 43.3 Å². The van der Waals surface area contributed by atoms with E-state index < -0.39 is 46.2 Å². The predicted molar refractivity (Wildman–Crippen MR) is 189 cm³/mol. The zero-order valence-electron chi connectivity index (χ0n) is 31.2. The van der Waals surface area contributed by atoms with Crippen molar-refractivity contribution in [2.24, 2.45) is 10.8 Å². The lowest BCUT2D eigenvalue weighted by atomic mass is 9.84. The zero-order chi connectivity index (χ0) is 37.5. The summed E-state index contributed by atoms with van der Waals surface area (Å²) in [7, 11) is 0. The molecule has 4 heterocycles. The summed E-state index contributed by atoms with van der Waals surface area (Å²) in [6, 6.07) is 5.14. The number of piperazine rings is 1. The molecule has 282 valence electrons. The van der Waals surface area contributed by atoms with Crippen molar-refractivity contribution in [2.75, 3.05) is 46.1 Å². The van der Waals surface area contributed by atoms with Crippen LogP contribution in [0, 0.1) is 10.8 Å². The Kier molecular flexibility index (Phi) is 13.3. The van der Waals surface area contributed by atoms with Gasteiger partial charge in [0.2, 0.25) is 24.3 Å². The number of carboxylic acids is 1. The number of ether oxygens (including phenoxy) is 2. The minimum absolute atomic E-state index is 0.0271. The summed E-state index contributed by atoms with van der Waals surface area (Å²) in [4.78, 5) is 81.2. The molecule has 2 atom stereocenters. The highest BCUT2D eigenvalue weighted by Gasteiger charge is 2.43. The Morgan fingerprint density at radius 3 is 1.94 bits per heavy atom. The van der Waals surface area contributed by atoms with E-state index in [0.717, 1.165) is 56.0 Å². The summed E-state index contributed by atoms with van der Waals surface area (Å²) < 4.78 is 10.8. The second-order valence-corrected chi connectivity index (χ2v) is 15.3. The number of aliphatic carboxylic acids is 1. The van der Waals surface area contributed by atoms with Gasteiger partial charge in [-0.15, -0.1) is 0 Å². The Balaban J connectivity index is 0.000000263.